The minimum Gasteiger partial charge on any atom is -0.352 e. The molecule has 1 aliphatic heterocycles. The van der Waals surface area contributed by atoms with Crippen molar-refractivity contribution in [3.8, 4) is 0 Å². The summed E-state index contributed by atoms with van der Waals surface area (Å²) >= 11 is 0. The van der Waals surface area contributed by atoms with Crippen LogP contribution in [0.4, 0.5) is 19.1 Å². The number of hydrogen-bond donors (Lipinski definition) is 1. The Hall–Kier alpha value is -1.27. The maximum atomic E-state index is 12.8. The maximum Gasteiger partial charge on any atom is 0.411 e. The molecule has 2 rings (SSSR count). The number of rotatable bonds is 1. The second kappa shape index (κ2) is 3.64. The molecule has 0 bridgehead atoms. The SMILES string of the molecule is CCc1nc2n(n1)C(C(F)(F)F)CC(C)N2. The van der Waals surface area contributed by atoms with Gasteiger partial charge in [0.1, 0.15) is 0 Å². The largest absolute Gasteiger partial charge is 0.411 e. The third-order valence-electron chi connectivity index (χ3n) is 2.62. The summed E-state index contributed by atoms with van der Waals surface area (Å²) in [6.07, 6.45) is -3.76. The molecule has 2 heterocycles. The lowest BCUT2D eigenvalue weighted by Crippen LogP contribution is -2.38. The molecule has 1 aliphatic rings. The average Bonchev–Trinajstić information content (AvgIpc) is 2.57. The van der Waals surface area contributed by atoms with E-state index in [1.54, 1.807) is 6.92 Å². The van der Waals surface area contributed by atoms with Gasteiger partial charge in [-0.05, 0) is 13.3 Å². The van der Waals surface area contributed by atoms with E-state index in [1.807, 2.05) is 6.92 Å². The molecule has 2 unspecified atom stereocenters. The number of hydrogen-bond acceptors (Lipinski definition) is 3. The van der Waals surface area contributed by atoms with Crippen LogP contribution in [0, 0.1) is 0 Å². The van der Waals surface area contributed by atoms with Crippen molar-refractivity contribution >= 4 is 5.95 Å². The van der Waals surface area contributed by atoms with Gasteiger partial charge < -0.3 is 5.32 Å². The Bertz CT molecular complexity index is 385. The fraction of sp³-hybridized carbons (Fsp3) is 0.778. The van der Waals surface area contributed by atoms with Crippen molar-refractivity contribution in [2.45, 2.75) is 44.9 Å². The predicted octanol–water partition coefficient (Wildman–Crippen LogP) is 2.15. The number of aromatic nitrogens is 3. The number of nitrogens with one attached hydrogen (secondary N) is 1. The standard InChI is InChI=1S/C9H13F3N4/c1-3-7-14-8-13-5(2)4-6(9(10,11)12)16(8)15-7/h5-6H,3-4H2,1-2H3,(H,13,14,15). The minimum atomic E-state index is -4.27. The third-order valence-corrected chi connectivity index (χ3v) is 2.62. The van der Waals surface area contributed by atoms with Crippen LogP contribution in [0.1, 0.15) is 32.1 Å². The monoisotopic (exact) mass is 234 g/mol. The molecule has 0 amide bonds. The van der Waals surface area contributed by atoms with Crippen molar-refractivity contribution in [1.82, 2.24) is 14.8 Å². The molecule has 0 saturated carbocycles. The molecule has 1 aromatic heterocycles. The summed E-state index contributed by atoms with van der Waals surface area (Å²) in [6.45, 7) is 3.52. The summed E-state index contributed by atoms with van der Waals surface area (Å²) in [5.41, 5.74) is 0. The number of nitrogens with zero attached hydrogens (tertiary/aromatic N) is 3. The van der Waals surface area contributed by atoms with Gasteiger partial charge in [-0.2, -0.15) is 23.3 Å². The summed E-state index contributed by atoms with van der Waals surface area (Å²) < 4.78 is 39.3. The topological polar surface area (TPSA) is 42.7 Å². The molecular weight excluding hydrogens is 221 g/mol. The summed E-state index contributed by atoms with van der Waals surface area (Å²) in [7, 11) is 0. The van der Waals surface area contributed by atoms with Gasteiger partial charge >= 0.3 is 6.18 Å². The van der Waals surface area contributed by atoms with Gasteiger partial charge in [-0.15, -0.1) is 0 Å². The molecule has 0 aromatic carbocycles. The molecule has 4 nitrogen and oxygen atoms in total. The molecule has 0 aliphatic carbocycles. The molecular formula is C9H13F3N4. The van der Waals surface area contributed by atoms with E-state index in [0.29, 0.717) is 12.2 Å². The lowest BCUT2D eigenvalue weighted by molar-refractivity contribution is -0.173. The second-order valence-corrected chi connectivity index (χ2v) is 3.99. The molecule has 16 heavy (non-hydrogen) atoms. The van der Waals surface area contributed by atoms with Gasteiger partial charge in [0.2, 0.25) is 5.95 Å². The van der Waals surface area contributed by atoms with E-state index in [4.69, 9.17) is 0 Å². The number of aryl methyl sites for hydroxylation is 1. The van der Waals surface area contributed by atoms with Crippen LogP contribution in [0.3, 0.4) is 0 Å². The number of alkyl halides is 3. The highest BCUT2D eigenvalue weighted by molar-refractivity contribution is 5.30. The quantitative estimate of drug-likeness (QED) is 0.809. The Balaban J connectivity index is 2.40. The van der Waals surface area contributed by atoms with Crippen LogP contribution in [-0.2, 0) is 6.42 Å². The van der Waals surface area contributed by atoms with E-state index in [2.05, 4.69) is 15.4 Å². The van der Waals surface area contributed by atoms with Crippen molar-refractivity contribution in [3.63, 3.8) is 0 Å². The van der Waals surface area contributed by atoms with Gasteiger partial charge in [-0.25, -0.2) is 4.68 Å². The van der Waals surface area contributed by atoms with E-state index < -0.39 is 12.2 Å². The lowest BCUT2D eigenvalue weighted by atomic mass is 10.1. The minimum absolute atomic E-state index is 0.0109. The molecule has 0 radical (unpaired) electrons. The maximum absolute atomic E-state index is 12.8. The van der Waals surface area contributed by atoms with E-state index in [9.17, 15) is 13.2 Å². The first kappa shape index (κ1) is 11.2. The van der Waals surface area contributed by atoms with E-state index in [-0.39, 0.29) is 18.4 Å². The zero-order valence-electron chi connectivity index (χ0n) is 9.04. The number of halogens is 3. The Kier molecular flexibility index (Phi) is 2.55. The first-order valence-corrected chi connectivity index (χ1v) is 5.20. The number of fused-ring (bicyclic) bond motifs is 1. The van der Waals surface area contributed by atoms with Gasteiger partial charge in [0.15, 0.2) is 11.9 Å². The summed E-state index contributed by atoms with van der Waals surface area (Å²) in [5, 5.41) is 6.78. The van der Waals surface area contributed by atoms with Gasteiger partial charge in [-0.3, -0.25) is 0 Å². The smallest absolute Gasteiger partial charge is 0.352 e. The molecule has 2 atom stereocenters. The predicted molar refractivity (Wildman–Crippen MR) is 52.2 cm³/mol. The Morgan fingerprint density at radius 1 is 1.50 bits per heavy atom. The van der Waals surface area contributed by atoms with Crippen molar-refractivity contribution in [2.24, 2.45) is 0 Å². The van der Waals surface area contributed by atoms with Gasteiger partial charge in [0.25, 0.3) is 0 Å². The molecule has 7 heteroatoms. The summed E-state index contributed by atoms with van der Waals surface area (Å²) in [4.78, 5) is 4.02. The first-order chi connectivity index (χ1) is 7.41. The fourth-order valence-corrected chi connectivity index (χ4v) is 1.82. The molecule has 1 aromatic rings. The van der Waals surface area contributed by atoms with E-state index >= 15 is 0 Å². The van der Waals surface area contributed by atoms with Crippen LogP contribution in [0.25, 0.3) is 0 Å². The zero-order valence-corrected chi connectivity index (χ0v) is 9.04. The van der Waals surface area contributed by atoms with Crippen LogP contribution in [-0.4, -0.2) is 27.0 Å². The zero-order chi connectivity index (χ0) is 11.9. The van der Waals surface area contributed by atoms with Gasteiger partial charge in [0.05, 0.1) is 0 Å². The number of anilines is 1. The van der Waals surface area contributed by atoms with E-state index in [0.717, 1.165) is 4.68 Å². The first-order valence-electron chi connectivity index (χ1n) is 5.20. The molecule has 1 N–H and O–H groups in total. The summed E-state index contributed by atoms with van der Waals surface area (Å²) in [5.74, 6) is 0.656. The van der Waals surface area contributed by atoms with Crippen LogP contribution < -0.4 is 5.32 Å². The van der Waals surface area contributed by atoms with Gasteiger partial charge in [-0.1, -0.05) is 6.92 Å². The highest BCUT2D eigenvalue weighted by Gasteiger charge is 2.45. The van der Waals surface area contributed by atoms with Crippen LogP contribution in [0.15, 0.2) is 0 Å². The highest BCUT2D eigenvalue weighted by Crippen LogP contribution is 2.38. The Morgan fingerprint density at radius 3 is 2.75 bits per heavy atom. The van der Waals surface area contributed by atoms with Crippen LogP contribution in [0.2, 0.25) is 0 Å². The molecule has 0 saturated heterocycles. The molecule has 90 valence electrons. The lowest BCUT2D eigenvalue weighted by Gasteiger charge is -2.30. The van der Waals surface area contributed by atoms with Crippen LogP contribution >= 0.6 is 0 Å². The summed E-state index contributed by atoms with van der Waals surface area (Å²) in [6, 6.07) is -1.81. The molecule has 0 spiro atoms. The Labute approximate surface area is 90.9 Å². The highest BCUT2D eigenvalue weighted by atomic mass is 19.4. The molecule has 0 fully saturated rings. The second-order valence-electron chi connectivity index (χ2n) is 3.99. The van der Waals surface area contributed by atoms with Gasteiger partial charge in [0, 0.05) is 12.5 Å². The fourth-order valence-electron chi connectivity index (χ4n) is 1.82. The van der Waals surface area contributed by atoms with Crippen molar-refractivity contribution in [2.75, 3.05) is 5.32 Å². The van der Waals surface area contributed by atoms with Crippen molar-refractivity contribution in [1.29, 1.82) is 0 Å². The van der Waals surface area contributed by atoms with Crippen molar-refractivity contribution < 1.29 is 13.2 Å². The van der Waals surface area contributed by atoms with Crippen molar-refractivity contribution in [3.05, 3.63) is 5.82 Å². The Morgan fingerprint density at radius 2 is 2.19 bits per heavy atom. The van der Waals surface area contributed by atoms with E-state index in [1.165, 1.54) is 0 Å². The van der Waals surface area contributed by atoms with Crippen LogP contribution in [0.5, 0.6) is 0 Å². The average molecular weight is 234 g/mol. The third kappa shape index (κ3) is 1.85. The normalized spacial score (nSPS) is 25.1.